The molecule has 0 aliphatic carbocycles. The quantitative estimate of drug-likeness (QED) is 0.254. The second kappa shape index (κ2) is 8.74. The summed E-state index contributed by atoms with van der Waals surface area (Å²) >= 11 is 12.5. The number of fused-ring (bicyclic) bond motifs is 3. The van der Waals surface area contributed by atoms with Gasteiger partial charge in [-0.05, 0) is 47.9 Å². The molecule has 0 saturated carbocycles. The van der Waals surface area contributed by atoms with E-state index >= 15 is 0 Å². The third-order valence-corrected chi connectivity index (χ3v) is 6.80. The van der Waals surface area contributed by atoms with Gasteiger partial charge in [-0.2, -0.15) is 0 Å². The number of halogens is 2. The first-order valence-electron chi connectivity index (χ1n) is 11.2. The lowest BCUT2D eigenvalue weighted by molar-refractivity contribution is 0.621. The molecule has 0 atom stereocenters. The maximum Gasteiger partial charge on any atom is 0.275 e. The summed E-state index contributed by atoms with van der Waals surface area (Å²) in [5, 5.41) is 3.38. The van der Waals surface area contributed by atoms with Gasteiger partial charge >= 0.3 is 0 Å². The van der Waals surface area contributed by atoms with E-state index in [9.17, 15) is 4.79 Å². The molecule has 33 heavy (non-hydrogen) atoms. The highest BCUT2D eigenvalue weighted by Gasteiger charge is 2.24. The monoisotopic (exact) mass is 474 g/mol. The van der Waals surface area contributed by atoms with Gasteiger partial charge in [0.1, 0.15) is 5.52 Å². The van der Waals surface area contributed by atoms with Crippen LogP contribution in [0.1, 0.15) is 19.8 Å². The second-order valence-corrected chi connectivity index (χ2v) is 9.22. The van der Waals surface area contributed by atoms with Crippen LogP contribution in [0.2, 0.25) is 10.0 Å². The zero-order valence-corrected chi connectivity index (χ0v) is 20.1. The number of aryl methyl sites for hydroxylation is 1. The van der Waals surface area contributed by atoms with Crippen molar-refractivity contribution in [3.63, 3.8) is 0 Å². The van der Waals surface area contributed by atoms with E-state index in [0.29, 0.717) is 16.6 Å². The highest BCUT2D eigenvalue weighted by atomic mass is 35.5. The summed E-state index contributed by atoms with van der Waals surface area (Å²) < 4.78 is 3.97. The lowest BCUT2D eigenvalue weighted by atomic mass is 9.94. The summed E-state index contributed by atoms with van der Waals surface area (Å²) in [6.07, 6.45) is 1.91. The number of para-hydroxylation sites is 1. The molecular weight excluding hydrogens is 451 g/mol. The fourth-order valence-electron chi connectivity index (χ4n) is 4.71. The van der Waals surface area contributed by atoms with E-state index in [1.54, 1.807) is 0 Å². The van der Waals surface area contributed by atoms with Gasteiger partial charge in [0.05, 0.1) is 5.69 Å². The Morgan fingerprint density at radius 3 is 2.06 bits per heavy atom. The number of unbranched alkanes of at least 4 members (excludes halogenated alkanes) is 1. The van der Waals surface area contributed by atoms with Gasteiger partial charge in [0.2, 0.25) is 0 Å². The molecule has 0 aliphatic rings. The summed E-state index contributed by atoms with van der Waals surface area (Å²) in [5.74, 6) is 0. The molecule has 0 aliphatic heterocycles. The van der Waals surface area contributed by atoms with Crippen molar-refractivity contribution in [2.75, 3.05) is 0 Å². The highest BCUT2D eigenvalue weighted by Crippen LogP contribution is 2.41. The normalized spacial score (nSPS) is 11.5. The van der Waals surface area contributed by atoms with Crippen LogP contribution < -0.4 is 5.56 Å². The summed E-state index contributed by atoms with van der Waals surface area (Å²) in [6, 6.07) is 23.8. The Hall–Kier alpha value is -3.01. The van der Waals surface area contributed by atoms with Gasteiger partial charge in [-0.1, -0.05) is 79.0 Å². The molecule has 3 nitrogen and oxygen atoms in total. The van der Waals surface area contributed by atoms with Crippen molar-refractivity contribution in [1.82, 2.24) is 9.13 Å². The zero-order valence-electron chi connectivity index (χ0n) is 18.6. The van der Waals surface area contributed by atoms with Crippen molar-refractivity contribution in [2.24, 2.45) is 7.05 Å². The predicted molar refractivity (Wildman–Crippen MR) is 140 cm³/mol. The third kappa shape index (κ3) is 3.66. The van der Waals surface area contributed by atoms with E-state index in [-0.39, 0.29) is 5.56 Å². The summed E-state index contributed by atoms with van der Waals surface area (Å²) in [6.45, 7) is 2.79. The number of hydrogen-bond acceptors (Lipinski definition) is 1. The molecule has 166 valence electrons. The van der Waals surface area contributed by atoms with Crippen LogP contribution in [0, 0.1) is 0 Å². The Morgan fingerprint density at radius 2 is 1.42 bits per heavy atom. The molecule has 0 saturated heterocycles. The third-order valence-electron chi connectivity index (χ3n) is 6.30. The van der Waals surface area contributed by atoms with Crippen LogP contribution in [0.15, 0.2) is 77.6 Å². The van der Waals surface area contributed by atoms with Crippen molar-refractivity contribution in [3.05, 3.63) is 93.2 Å². The van der Waals surface area contributed by atoms with E-state index < -0.39 is 0 Å². The first kappa shape index (κ1) is 21.8. The van der Waals surface area contributed by atoms with Crippen molar-refractivity contribution >= 4 is 45.0 Å². The number of rotatable bonds is 5. The fourth-order valence-corrected chi connectivity index (χ4v) is 4.97. The van der Waals surface area contributed by atoms with Crippen LogP contribution in [-0.2, 0) is 13.6 Å². The zero-order chi connectivity index (χ0) is 23.1. The smallest absolute Gasteiger partial charge is 0.275 e. The highest BCUT2D eigenvalue weighted by molar-refractivity contribution is 6.31. The lowest BCUT2D eigenvalue weighted by Crippen LogP contribution is -2.24. The molecule has 2 heterocycles. The van der Waals surface area contributed by atoms with Gasteiger partial charge in [0, 0.05) is 45.5 Å². The minimum atomic E-state index is 0.0276. The maximum absolute atomic E-state index is 14.0. The van der Waals surface area contributed by atoms with Crippen LogP contribution in [0.25, 0.3) is 44.2 Å². The Bertz CT molecular complexity index is 1530. The number of aromatic nitrogens is 2. The molecule has 0 bridgehead atoms. The van der Waals surface area contributed by atoms with E-state index in [2.05, 4.69) is 19.1 Å². The first-order valence-corrected chi connectivity index (χ1v) is 11.9. The van der Waals surface area contributed by atoms with Gasteiger partial charge in [-0.15, -0.1) is 0 Å². The van der Waals surface area contributed by atoms with E-state index in [1.165, 1.54) is 0 Å². The summed E-state index contributed by atoms with van der Waals surface area (Å²) in [5.41, 5.74) is 5.72. The van der Waals surface area contributed by atoms with Crippen molar-refractivity contribution < 1.29 is 0 Å². The van der Waals surface area contributed by atoms with Crippen LogP contribution in [0.3, 0.4) is 0 Å². The van der Waals surface area contributed by atoms with Crippen LogP contribution in [0.5, 0.6) is 0 Å². The average molecular weight is 475 g/mol. The molecule has 0 unspecified atom stereocenters. The number of pyridine rings is 1. The maximum atomic E-state index is 14.0. The molecule has 0 amide bonds. The van der Waals surface area contributed by atoms with E-state index in [0.717, 1.165) is 57.0 Å². The van der Waals surface area contributed by atoms with Gasteiger partial charge in [0.25, 0.3) is 5.56 Å². The Morgan fingerprint density at radius 1 is 0.818 bits per heavy atom. The van der Waals surface area contributed by atoms with Gasteiger partial charge in [-0.3, -0.25) is 4.79 Å². The molecule has 5 heteroatoms. The Kier molecular flexibility index (Phi) is 5.77. The van der Waals surface area contributed by atoms with E-state index in [1.807, 2.05) is 76.8 Å². The number of benzene rings is 3. The van der Waals surface area contributed by atoms with E-state index in [4.69, 9.17) is 23.2 Å². The van der Waals surface area contributed by atoms with Gasteiger partial charge < -0.3 is 9.13 Å². The number of nitrogens with zero attached hydrogens (tertiary/aromatic N) is 2. The largest absolute Gasteiger partial charge is 0.339 e. The Labute approximate surface area is 202 Å². The molecule has 0 spiro atoms. The van der Waals surface area contributed by atoms with Gasteiger partial charge in [-0.25, -0.2) is 0 Å². The first-order chi connectivity index (χ1) is 16.0. The fraction of sp³-hybridized carbons (Fsp3) is 0.179. The minimum absolute atomic E-state index is 0.0276. The molecule has 5 aromatic rings. The molecule has 5 rings (SSSR count). The van der Waals surface area contributed by atoms with Crippen LogP contribution >= 0.6 is 23.2 Å². The van der Waals surface area contributed by atoms with Crippen molar-refractivity contribution in [3.8, 4) is 22.4 Å². The molecule has 0 fully saturated rings. The average Bonchev–Trinajstić information content (AvgIpc) is 3.12. The number of hydrogen-bond donors (Lipinski definition) is 0. The lowest BCUT2D eigenvalue weighted by Gasteiger charge is -2.20. The molecular formula is C28H24Cl2N2O. The predicted octanol–water partition coefficient (Wildman–Crippen LogP) is 7.93. The standard InChI is InChI=1S/C28H24Cl2N2O/c1-3-4-17-32-26(19-11-15-21(30)16-12-19)24(18-9-13-20(29)14-10-18)25-22-7-5-6-8-23(22)31(2)27(25)28(32)33/h5-16H,3-4,17H2,1-2H3. The van der Waals surface area contributed by atoms with Crippen molar-refractivity contribution in [1.29, 1.82) is 0 Å². The van der Waals surface area contributed by atoms with Crippen LogP contribution in [-0.4, -0.2) is 9.13 Å². The topological polar surface area (TPSA) is 26.9 Å². The Balaban J connectivity index is 2.04. The molecule has 0 radical (unpaired) electrons. The molecule has 3 aromatic carbocycles. The van der Waals surface area contributed by atoms with Gasteiger partial charge in [0.15, 0.2) is 0 Å². The molecule has 0 N–H and O–H groups in total. The molecule has 2 aromatic heterocycles. The minimum Gasteiger partial charge on any atom is -0.339 e. The van der Waals surface area contributed by atoms with Crippen LogP contribution in [0.4, 0.5) is 0 Å². The summed E-state index contributed by atoms with van der Waals surface area (Å²) in [4.78, 5) is 14.0. The SMILES string of the molecule is CCCCn1c(-c2ccc(Cl)cc2)c(-c2ccc(Cl)cc2)c2c3ccccc3n(C)c2c1=O. The second-order valence-electron chi connectivity index (χ2n) is 8.35. The van der Waals surface area contributed by atoms with Crippen molar-refractivity contribution in [2.45, 2.75) is 26.3 Å². The summed E-state index contributed by atoms with van der Waals surface area (Å²) in [7, 11) is 1.98.